The van der Waals surface area contributed by atoms with Crippen molar-refractivity contribution in [3.05, 3.63) is 30.3 Å². The monoisotopic (exact) mass is 160 g/mol. The maximum absolute atomic E-state index is 3.00. The van der Waals surface area contributed by atoms with Gasteiger partial charge in [0.2, 0.25) is 0 Å². The van der Waals surface area contributed by atoms with Gasteiger partial charge in [0.05, 0.1) is 0 Å². The molecule has 0 fully saturated rings. The van der Waals surface area contributed by atoms with Gasteiger partial charge in [0, 0.05) is 19.8 Å². The number of benzene rings is 1. The Hall–Kier alpha value is 0.656. The molecule has 0 atom stereocenters. The van der Waals surface area contributed by atoms with Crippen LogP contribution in [0.5, 0.6) is 0 Å². The van der Waals surface area contributed by atoms with Gasteiger partial charge in [0.1, 0.15) is 0 Å². The molecule has 1 aromatic carbocycles. The third-order valence-electron chi connectivity index (χ3n) is 1.21. The Kier molecular flexibility index (Phi) is 5.68. The molecule has 0 unspecified atom stereocenters. The summed E-state index contributed by atoms with van der Waals surface area (Å²) in [6.07, 6.45) is 0. The average molecular weight is 160 g/mol. The van der Waals surface area contributed by atoms with E-state index in [4.69, 9.17) is 0 Å². The Labute approximate surface area is 105 Å². The second kappa shape index (κ2) is 5.33. The molecule has 1 nitrogen and oxygen atoms in total. The predicted octanol–water partition coefficient (Wildman–Crippen LogP) is 0.904. The summed E-state index contributed by atoms with van der Waals surface area (Å²) in [5.74, 6) is 0. The van der Waals surface area contributed by atoms with Gasteiger partial charge < -0.3 is 4.90 Å². The average Bonchev–Trinajstić information content (AvgIpc) is 1.90. The van der Waals surface area contributed by atoms with Gasteiger partial charge in [0.25, 0.3) is 0 Å². The Morgan fingerprint density at radius 2 is 2.10 bits per heavy atom. The molecule has 0 aliphatic carbocycles. The summed E-state index contributed by atoms with van der Waals surface area (Å²) < 4.78 is 0. The molecule has 0 amide bonds. The van der Waals surface area contributed by atoms with E-state index in [1.165, 1.54) is 5.69 Å². The first-order valence-electron chi connectivity index (χ1n) is 2.94. The van der Waals surface area contributed by atoms with Crippen molar-refractivity contribution in [1.82, 2.24) is 0 Å². The molecule has 0 aromatic heterocycles. The van der Waals surface area contributed by atoms with Crippen molar-refractivity contribution in [2.24, 2.45) is 0 Å². The van der Waals surface area contributed by atoms with Crippen molar-refractivity contribution in [3.63, 3.8) is 0 Å². The van der Waals surface area contributed by atoms with E-state index in [1.54, 1.807) is 0 Å². The first kappa shape index (κ1) is 10.7. The van der Waals surface area contributed by atoms with Gasteiger partial charge in [-0.05, 0) is 18.2 Å². The summed E-state index contributed by atoms with van der Waals surface area (Å²) in [5, 5.41) is 0. The quantitative estimate of drug-likeness (QED) is 0.552. The van der Waals surface area contributed by atoms with E-state index in [9.17, 15) is 0 Å². The van der Waals surface area contributed by atoms with Crippen molar-refractivity contribution >= 4 is 57.1 Å². The zero-order valence-electron chi connectivity index (χ0n) is 5.76. The summed E-state index contributed by atoms with van der Waals surface area (Å²) in [7, 11) is 4.03. The minimum atomic E-state index is 0. The van der Waals surface area contributed by atoms with Crippen LogP contribution in [0.25, 0.3) is 0 Å². The molecule has 0 bridgehead atoms. The molecule has 10 heavy (non-hydrogen) atoms. The fourth-order valence-electron chi connectivity index (χ4n) is 0.662. The van der Waals surface area contributed by atoms with Crippen LogP contribution < -0.4 is 4.90 Å². The van der Waals surface area contributed by atoms with Crippen LogP contribution in [0.2, 0.25) is 0 Å². The fourth-order valence-corrected chi connectivity index (χ4v) is 0.662. The molecule has 0 aliphatic heterocycles. The van der Waals surface area contributed by atoms with Crippen LogP contribution in [0.4, 0.5) is 5.69 Å². The van der Waals surface area contributed by atoms with Crippen molar-refractivity contribution in [3.8, 4) is 0 Å². The van der Waals surface area contributed by atoms with Gasteiger partial charge in [-0.2, -0.15) is 0 Å². The molecule has 0 saturated heterocycles. The van der Waals surface area contributed by atoms with Crippen molar-refractivity contribution in [2.45, 2.75) is 0 Å². The van der Waals surface area contributed by atoms with Crippen LogP contribution in [0, 0.1) is 6.07 Å². The van der Waals surface area contributed by atoms with E-state index in [0.717, 1.165) is 0 Å². The van der Waals surface area contributed by atoms with E-state index < -0.39 is 0 Å². The third-order valence-corrected chi connectivity index (χ3v) is 1.21. The second-order valence-electron chi connectivity index (χ2n) is 2.16. The van der Waals surface area contributed by atoms with E-state index in [-0.39, 0.29) is 51.4 Å². The van der Waals surface area contributed by atoms with Crippen LogP contribution in [0.3, 0.4) is 0 Å². The molecular weight excluding hydrogens is 149 g/mol. The van der Waals surface area contributed by atoms with Gasteiger partial charge in [-0.25, -0.2) is 0 Å². The van der Waals surface area contributed by atoms with Crippen molar-refractivity contribution < 1.29 is 0 Å². The van der Waals surface area contributed by atoms with Crippen molar-refractivity contribution in [1.29, 1.82) is 0 Å². The fraction of sp³-hybridized carbons (Fsp3) is 0.250. The first-order chi connectivity index (χ1) is 4.30. The van der Waals surface area contributed by atoms with E-state index in [0.29, 0.717) is 0 Å². The summed E-state index contributed by atoms with van der Waals surface area (Å²) in [6, 6.07) is 10.9. The molecule has 2 heteroatoms. The third kappa shape index (κ3) is 3.17. The van der Waals surface area contributed by atoms with E-state index in [2.05, 4.69) is 17.0 Å². The molecule has 0 spiro atoms. The maximum atomic E-state index is 3.00. The topological polar surface area (TPSA) is 3.24 Å². The SMILES string of the molecule is CN(C)c1c[c]ccc1.[KH]. The number of hydrogen-bond acceptors (Lipinski definition) is 1. The number of rotatable bonds is 1. The summed E-state index contributed by atoms with van der Waals surface area (Å²) in [6.45, 7) is 0. The molecule has 1 radical (unpaired) electrons. The summed E-state index contributed by atoms with van der Waals surface area (Å²) >= 11 is 0. The van der Waals surface area contributed by atoms with Crippen LogP contribution in [0.15, 0.2) is 24.3 Å². The molecule has 0 aliphatic rings. The first-order valence-corrected chi connectivity index (χ1v) is 2.94. The standard InChI is InChI=1S/C8H10N.K.H/c1-9(2)8-6-4-3-5-7-8;;/h3-4,6-7H,1-2H3;;. The van der Waals surface area contributed by atoms with Gasteiger partial charge in [-0.1, -0.05) is 12.1 Å². The predicted molar refractivity (Wildman–Crippen MR) is 46.8 cm³/mol. The Balaban J connectivity index is 0.000000810. The Morgan fingerprint density at radius 1 is 1.40 bits per heavy atom. The molecular formula is C8H11KN. The molecule has 0 heterocycles. The van der Waals surface area contributed by atoms with Gasteiger partial charge in [0.15, 0.2) is 0 Å². The molecule has 1 aromatic rings. The zero-order chi connectivity index (χ0) is 6.69. The number of nitrogens with zero attached hydrogens (tertiary/aromatic N) is 1. The summed E-state index contributed by atoms with van der Waals surface area (Å²) in [4.78, 5) is 2.05. The molecule has 49 valence electrons. The number of hydrogen-bond donors (Lipinski definition) is 0. The van der Waals surface area contributed by atoms with Crippen LogP contribution in [-0.2, 0) is 0 Å². The number of anilines is 1. The summed E-state index contributed by atoms with van der Waals surface area (Å²) in [5.41, 5.74) is 1.19. The Bertz CT molecular complexity index is 172. The normalized spacial score (nSPS) is 8.20. The Morgan fingerprint density at radius 3 is 2.40 bits per heavy atom. The van der Waals surface area contributed by atoms with Crippen LogP contribution in [-0.4, -0.2) is 65.5 Å². The second-order valence-corrected chi connectivity index (χ2v) is 2.16. The van der Waals surface area contributed by atoms with Crippen molar-refractivity contribution in [2.75, 3.05) is 19.0 Å². The molecule has 0 saturated carbocycles. The van der Waals surface area contributed by atoms with Crippen LogP contribution in [0.1, 0.15) is 0 Å². The minimum absolute atomic E-state index is 0. The van der Waals surface area contributed by atoms with E-state index in [1.807, 2.05) is 32.3 Å². The van der Waals surface area contributed by atoms with Crippen LogP contribution >= 0.6 is 0 Å². The zero-order valence-corrected chi connectivity index (χ0v) is 5.76. The van der Waals surface area contributed by atoms with Gasteiger partial charge >= 0.3 is 51.4 Å². The van der Waals surface area contributed by atoms with E-state index >= 15 is 0 Å². The molecule has 0 N–H and O–H groups in total. The van der Waals surface area contributed by atoms with Gasteiger partial charge in [-0.15, -0.1) is 0 Å². The molecule has 1 rings (SSSR count). The van der Waals surface area contributed by atoms with Gasteiger partial charge in [-0.3, -0.25) is 0 Å².